The molecule has 4 nitrogen and oxygen atoms in total. The smallest absolute Gasteiger partial charge is 0.229 e. The zero-order valence-electron chi connectivity index (χ0n) is 13.2. The molecule has 0 unspecified atom stereocenters. The number of nitrogens with one attached hydrogen (secondary N) is 1. The Labute approximate surface area is 144 Å². The SMILES string of the molecule is COc1ccccc1Oc1ccc(NC(=O)Cc2cccs2)cc1. The molecule has 1 heterocycles. The summed E-state index contributed by atoms with van der Waals surface area (Å²) in [6.45, 7) is 0. The standard InChI is InChI=1S/C19H17NO3S/c1-22-17-6-2-3-7-18(17)23-15-10-8-14(9-11-15)20-19(21)13-16-5-4-12-24-16/h2-12H,13H2,1H3,(H,20,21). The van der Waals surface area contributed by atoms with Crippen molar-refractivity contribution in [3.05, 3.63) is 70.9 Å². The highest BCUT2D eigenvalue weighted by atomic mass is 32.1. The van der Waals surface area contributed by atoms with Crippen LogP contribution in [0.15, 0.2) is 66.0 Å². The van der Waals surface area contributed by atoms with Gasteiger partial charge in [0.15, 0.2) is 11.5 Å². The molecule has 0 saturated carbocycles. The van der Waals surface area contributed by atoms with Crippen LogP contribution in [0.25, 0.3) is 0 Å². The molecule has 0 aliphatic heterocycles. The molecule has 1 N–H and O–H groups in total. The number of carbonyl (C=O) groups excluding carboxylic acids is 1. The van der Waals surface area contributed by atoms with Gasteiger partial charge in [0.05, 0.1) is 13.5 Å². The number of rotatable bonds is 6. The molecule has 0 aliphatic rings. The number of benzene rings is 2. The number of thiophene rings is 1. The number of para-hydroxylation sites is 2. The molecule has 122 valence electrons. The molecule has 0 atom stereocenters. The van der Waals surface area contributed by atoms with Crippen molar-refractivity contribution in [2.24, 2.45) is 0 Å². The number of carbonyl (C=O) groups is 1. The monoisotopic (exact) mass is 339 g/mol. The highest BCUT2D eigenvalue weighted by Crippen LogP contribution is 2.31. The number of methoxy groups -OCH3 is 1. The van der Waals surface area contributed by atoms with Gasteiger partial charge in [0.2, 0.25) is 5.91 Å². The molecule has 3 rings (SSSR count). The molecule has 3 aromatic rings. The van der Waals surface area contributed by atoms with Gasteiger partial charge < -0.3 is 14.8 Å². The summed E-state index contributed by atoms with van der Waals surface area (Å²) in [5.41, 5.74) is 0.740. The normalized spacial score (nSPS) is 10.2. The van der Waals surface area contributed by atoms with Crippen molar-refractivity contribution >= 4 is 22.9 Å². The molecule has 0 saturated heterocycles. The van der Waals surface area contributed by atoms with E-state index in [4.69, 9.17) is 9.47 Å². The van der Waals surface area contributed by atoms with Crippen molar-refractivity contribution in [1.82, 2.24) is 0 Å². The third kappa shape index (κ3) is 4.14. The van der Waals surface area contributed by atoms with Crippen LogP contribution >= 0.6 is 11.3 Å². The van der Waals surface area contributed by atoms with Crippen molar-refractivity contribution < 1.29 is 14.3 Å². The lowest BCUT2D eigenvalue weighted by atomic mass is 10.2. The molecule has 0 bridgehead atoms. The van der Waals surface area contributed by atoms with E-state index >= 15 is 0 Å². The molecular formula is C19H17NO3S. The van der Waals surface area contributed by atoms with Crippen LogP contribution < -0.4 is 14.8 Å². The minimum Gasteiger partial charge on any atom is -0.493 e. The van der Waals surface area contributed by atoms with E-state index in [2.05, 4.69) is 5.32 Å². The summed E-state index contributed by atoms with van der Waals surface area (Å²) in [7, 11) is 1.61. The van der Waals surface area contributed by atoms with Gasteiger partial charge in [-0.15, -0.1) is 11.3 Å². The second-order valence-corrected chi connectivity index (χ2v) is 6.11. The average molecular weight is 339 g/mol. The lowest BCUT2D eigenvalue weighted by Crippen LogP contribution is -2.13. The van der Waals surface area contributed by atoms with E-state index < -0.39 is 0 Å². The fourth-order valence-electron chi connectivity index (χ4n) is 2.21. The van der Waals surface area contributed by atoms with Gasteiger partial charge in [0, 0.05) is 10.6 Å². The third-order valence-corrected chi connectivity index (χ3v) is 4.23. The second kappa shape index (κ2) is 7.66. The van der Waals surface area contributed by atoms with E-state index in [1.807, 2.05) is 66.0 Å². The van der Waals surface area contributed by atoms with E-state index in [-0.39, 0.29) is 5.91 Å². The van der Waals surface area contributed by atoms with Gasteiger partial charge in [-0.25, -0.2) is 0 Å². The Morgan fingerprint density at radius 1 is 1.00 bits per heavy atom. The van der Waals surface area contributed by atoms with Gasteiger partial charge in [-0.2, -0.15) is 0 Å². The first kappa shape index (κ1) is 16.1. The molecule has 1 amide bonds. The molecule has 0 aliphatic carbocycles. The Kier molecular flexibility index (Phi) is 5.13. The third-order valence-electron chi connectivity index (χ3n) is 3.35. The predicted octanol–water partition coefficient (Wildman–Crippen LogP) is 4.73. The van der Waals surface area contributed by atoms with Crippen molar-refractivity contribution in [3.63, 3.8) is 0 Å². The maximum Gasteiger partial charge on any atom is 0.229 e. The van der Waals surface area contributed by atoms with E-state index in [9.17, 15) is 4.79 Å². The number of ether oxygens (including phenoxy) is 2. The predicted molar refractivity (Wildman–Crippen MR) is 96.2 cm³/mol. The molecular weight excluding hydrogens is 322 g/mol. The molecule has 24 heavy (non-hydrogen) atoms. The molecule has 2 aromatic carbocycles. The second-order valence-electron chi connectivity index (χ2n) is 5.08. The summed E-state index contributed by atoms with van der Waals surface area (Å²) in [4.78, 5) is 13.0. The van der Waals surface area contributed by atoms with Crippen molar-refractivity contribution in [2.45, 2.75) is 6.42 Å². The Bertz CT molecular complexity index is 798. The minimum absolute atomic E-state index is 0.0316. The minimum atomic E-state index is -0.0316. The van der Waals surface area contributed by atoms with Crippen molar-refractivity contribution in [2.75, 3.05) is 12.4 Å². The Morgan fingerprint density at radius 2 is 1.75 bits per heavy atom. The first-order valence-electron chi connectivity index (χ1n) is 7.48. The number of amides is 1. The maximum atomic E-state index is 12.0. The molecule has 5 heteroatoms. The van der Waals surface area contributed by atoms with Gasteiger partial charge in [0.25, 0.3) is 0 Å². The van der Waals surface area contributed by atoms with Crippen molar-refractivity contribution in [1.29, 1.82) is 0 Å². The highest BCUT2D eigenvalue weighted by Gasteiger charge is 2.07. The van der Waals surface area contributed by atoms with Crippen LogP contribution in [0.2, 0.25) is 0 Å². The van der Waals surface area contributed by atoms with E-state index in [0.29, 0.717) is 23.7 Å². The topological polar surface area (TPSA) is 47.6 Å². The lowest BCUT2D eigenvalue weighted by molar-refractivity contribution is -0.115. The fraction of sp³-hybridized carbons (Fsp3) is 0.105. The van der Waals surface area contributed by atoms with Gasteiger partial charge >= 0.3 is 0 Å². The first-order chi connectivity index (χ1) is 11.7. The van der Waals surface area contributed by atoms with Gasteiger partial charge in [-0.1, -0.05) is 18.2 Å². The summed E-state index contributed by atoms with van der Waals surface area (Å²) in [6, 6.07) is 18.6. The number of hydrogen-bond acceptors (Lipinski definition) is 4. The van der Waals surface area contributed by atoms with Crippen LogP contribution in [0.5, 0.6) is 17.2 Å². The van der Waals surface area contributed by atoms with Crippen LogP contribution in [-0.4, -0.2) is 13.0 Å². The average Bonchev–Trinajstić information content (AvgIpc) is 3.10. The summed E-state index contributed by atoms with van der Waals surface area (Å²) < 4.78 is 11.1. The Balaban J connectivity index is 1.62. The molecule has 0 fully saturated rings. The molecule has 0 radical (unpaired) electrons. The zero-order valence-corrected chi connectivity index (χ0v) is 14.0. The lowest BCUT2D eigenvalue weighted by Gasteiger charge is -2.10. The van der Waals surface area contributed by atoms with Crippen molar-refractivity contribution in [3.8, 4) is 17.2 Å². The summed E-state index contributed by atoms with van der Waals surface area (Å²) in [6.07, 6.45) is 0.386. The van der Waals surface area contributed by atoms with Crippen LogP contribution in [0.3, 0.4) is 0 Å². The highest BCUT2D eigenvalue weighted by molar-refractivity contribution is 7.10. The molecule has 1 aromatic heterocycles. The van der Waals surface area contributed by atoms with E-state index in [1.54, 1.807) is 18.4 Å². The summed E-state index contributed by atoms with van der Waals surface area (Å²) in [5, 5.41) is 4.85. The summed E-state index contributed by atoms with van der Waals surface area (Å²) in [5.74, 6) is 1.96. The summed E-state index contributed by atoms with van der Waals surface area (Å²) >= 11 is 1.58. The quantitative estimate of drug-likeness (QED) is 0.706. The van der Waals surface area contributed by atoms with Gasteiger partial charge in [0.1, 0.15) is 5.75 Å². The van der Waals surface area contributed by atoms with Crippen LogP contribution in [0.4, 0.5) is 5.69 Å². The Hall–Kier alpha value is -2.79. The van der Waals surface area contributed by atoms with Crippen LogP contribution in [0.1, 0.15) is 4.88 Å². The van der Waals surface area contributed by atoms with Gasteiger partial charge in [-0.3, -0.25) is 4.79 Å². The first-order valence-corrected chi connectivity index (χ1v) is 8.36. The van der Waals surface area contributed by atoms with Gasteiger partial charge in [-0.05, 0) is 47.8 Å². The van der Waals surface area contributed by atoms with Crippen LogP contribution in [-0.2, 0) is 11.2 Å². The zero-order chi connectivity index (χ0) is 16.8. The molecule has 0 spiro atoms. The number of hydrogen-bond donors (Lipinski definition) is 1. The Morgan fingerprint density at radius 3 is 2.42 bits per heavy atom. The van der Waals surface area contributed by atoms with Crippen LogP contribution in [0, 0.1) is 0 Å². The maximum absolute atomic E-state index is 12.0. The fourth-order valence-corrected chi connectivity index (χ4v) is 2.92. The van der Waals surface area contributed by atoms with E-state index in [0.717, 1.165) is 10.6 Å². The van der Waals surface area contributed by atoms with E-state index in [1.165, 1.54) is 0 Å². The number of anilines is 1. The largest absolute Gasteiger partial charge is 0.493 e.